The predicted octanol–water partition coefficient (Wildman–Crippen LogP) is 10.6. The van der Waals surface area contributed by atoms with Crippen LogP contribution < -0.4 is 0 Å². The van der Waals surface area contributed by atoms with Crippen molar-refractivity contribution in [2.24, 2.45) is 0 Å². The third-order valence-electron chi connectivity index (χ3n) is 8.96. The van der Waals surface area contributed by atoms with Crippen molar-refractivity contribution in [1.82, 2.24) is 4.98 Å². The summed E-state index contributed by atoms with van der Waals surface area (Å²) < 4.78 is 1.21. The Labute approximate surface area is 248 Å². The van der Waals surface area contributed by atoms with E-state index in [0.29, 0.717) is 0 Å². The summed E-state index contributed by atoms with van der Waals surface area (Å²) in [5, 5.41) is 6.17. The van der Waals surface area contributed by atoms with E-state index in [4.69, 9.17) is 4.98 Å². The maximum absolute atomic E-state index is 5.06. The van der Waals surface area contributed by atoms with E-state index in [9.17, 15) is 0 Å². The fourth-order valence-electron chi connectivity index (χ4n) is 7.22. The first kappa shape index (κ1) is 23.6. The number of nitrogens with zero attached hydrogens (tertiary/aromatic N) is 1. The molecule has 1 heterocycles. The molecule has 0 fully saturated rings. The fraction of sp³-hybridized carbons (Fsp3) is 0.0250. The summed E-state index contributed by atoms with van der Waals surface area (Å²) in [5.74, 6) is 0. The summed E-state index contributed by atoms with van der Waals surface area (Å²) in [7, 11) is 0. The summed E-state index contributed by atoms with van der Waals surface area (Å²) in [5.41, 5.74) is 9.53. The smallest absolute Gasteiger partial charge is 0.124 e. The summed E-state index contributed by atoms with van der Waals surface area (Å²) in [6.07, 6.45) is 0. The number of rotatable bonds is 3. The van der Waals surface area contributed by atoms with Crippen LogP contribution in [0.15, 0.2) is 152 Å². The van der Waals surface area contributed by atoms with Gasteiger partial charge in [0.15, 0.2) is 0 Å². The Kier molecular flexibility index (Phi) is 5.05. The van der Waals surface area contributed by atoms with Crippen molar-refractivity contribution in [3.05, 3.63) is 174 Å². The molecule has 9 rings (SSSR count). The summed E-state index contributed by atoms with van der Waals surface area (Å²) in [4.78, 5) is 5.06. The minimum absolute atomic E-state index is 0.497. The van der Waals surface area contributed by atoms with Gasteiger partial charge in [-0.25, -0.2) is 4.98 Å². The fourth-order valence-corrected chi connectivity index (χ4v) is 8.18. The van der Waals surface area contributed by atoms with E-state index in [0.717, 1.165) is 16.1 Å². The van der Waals surface area contributed by atoms with Gasteiger partial charge in [0.25, 0.3) is 0 Å². The minimum Gasteiger partial charge on any atom is -0.236 e. The lowest BCUT2D eigenvalue weighted by Gasteiger charge is -2.35. The lowest BCUT2D eigenvalue weighted by Crippen LogP contribution is -2.29. The van der Waals surface area contributed by atoms with Crippen LogP contribution in [0.1, 0.15) is 22.3 Å². The van der Waals surface area contributed by atoms with Gasteiger partial charge < -0.3 is 0 Å². The molecule has 1 unspecified atom stereocenters. The molecule has 0 aliphatic heterocycles. The second-order valence-corrected chi connectivity index (χ2v) is 12.1. The molecular weight excluding hydrogens is 527 g/mol. The van der Waals surface area contributed by atoms with Crippen LogP contribution in [0.3, 0.4) is 0 Å². The molecule has 0 spiro atoms. The highest BCUT2D eigenvalue weighted by molar-refractivity contribution is 7.21. The van der Waals surface area contributed by atoms with E-state index >= 15 is 0 Å². The number of aromatic nitrogens is 1. The molecule has 1 atom stereocenters. The van der Waals surface area contributed by atoms with Crippen LogP contribution in [-0.2, 0) is 5.41 Å². The molecule has 0 amide bonds. The van der Waals surface area contributed by atoms with Crippen molar-refractivity contribution < 1.29 is 0 Å². The van der Waals surface area contributed by atoms with Crippen molar-refractivity contribution in [2.75, 3.05) is 0 Å². The summed E-state index contributed by atoms with van der Waals surface area (Å²) in [6, 6.07) is 55.7. The molecule has 1 aliphatic carbocycles. The average Bonchev–Trinajstić information content (AvgIpc) is 3.63. The zero-order valence-electron chi connectivity index (χ0n) is 22.8. The van der Waals surface area contributed by atoms with E-state index in [2.05, 4.69) is 152 Å². The molecule has 1 nitrogen and oxygen atoms in total. The Balaban J connectivity index is 1.45. The Morgan fingerprint density at radius 3 is 2.05 bits per heavy atom. The molecule has 0 N–H and O–H groups in total. The first-order valence-corrected chi connectivity index (χ1v) is 15.2. The molecule has 196 valence electrons. The van der Waals surface area contributed by atoms with E-state index in [1.54, 1.807) is 11.3 Å². The van der Waals surface area contributed by atoms with Crippen LogP contribution in [0.25, 0.3) is 53.5 Å². The second kappa shape index (κ2) is 8.97. The number of fused-ring (bicyclic) bond motifs is 7. The highest BCUT2D eigenvalue weighted by atomic mass is 32.1. The highest BCUT2D eigenvalue weighted by Crippen LogP contribution is 2.58. The van der Waals surface area contributed by atoms with Crippen LogP contribution >= 0.6 is 11.3 Å². The standard InChI is InChI=1S/C40H25NS/c1-2-13-28(14-3-1)40(35-24-26-12-4-5-15-29(26)30-16-6-7-17-31(30)35)34-19-9-8-18-32(34)33-23-22-27(25-36(33)40)39-41-37-20-10-11-21-38(37)42-39/h1-25H. The van der Waals surface area contributed by atoms with Crippen molar-refractivity contribution in [1.29, 1.82) is 0 Å². The SMILES string of the molecule is c1ccc(C2(c3cc4ccccc4c4ccccc34)c3ccccc3-c3ccc(-c4nc5ccccc5s4)cc32)cc1. The van der Waals surface area contributed by atoms with E-state index < -0.39 is 5.41 Å². The molecule has 0 saturated carbocycles. The average molecular weight is 552 g/mol. The first-order valence-electron chi connectivity index (χ1n) is 14.4. The van der Waals surface area contributed by atoms with Gasteiger partial charge in [0.05, 0.1) is 15.6 Å². The van der Waals surface area contributed by atoms with Crippen molar-refractivity contribution in [3.63, 3.8) is 0 Å². The van der Waals surface area contributed by atoms with Crippen molar-refractivity contribution in [2.45, 2.75) is 5.41 Å². The highest BCUT2D eigenvalue weighted by Gasteiger charge is 2.47. The van der Waals surface area contributed by atoms with Gasteiger partial charge in [0, 0.05) is 5.56 Å². The largest absolute Gasteiger partial charge is 0.236 e. The second-order valence-electron chi connectivity index (χ2n) is 11.1. The van der Waals surface area contributed by atoms with E-state index in [1.165, 1.54) is 59.6 Å². The number of hydrogen-bond donors (Lipinski definition) is 0. The number of thiazole rings is 1. The Hall–Kier alpha value is -5.05. The van der Waals surface area contributed by atoms with Gasteiger partial charge in [-0.05, 0) is 79.2 Å². The third-order valence-corrected chi connectivity index (χ3v) is 10.0. The van der Waals surface area contributed by atoms with Gasteiger partial charge in [0.1, 0.15) is 5.01 Å². The van der Waals surface area contributed by atoms with Gasteiger partial charge >= 0.3 is 0 Å². The molecule has 8 aromatic rings. The molecule has 1 aliphatic rings. The molecule has 1 aromatic heterocycles. The van der Waals surface area contributed by atoms with Crippen LogP contribution in [0.2, 0.25) is 0 Å². The van der Waals surface area contributed by atoms with Crippen LogP contribution in [-0.4, -0.2) is 4.98 Å². The Bertz CT molecular complexity index is 2280. The zero-order valence-corrected chi connectivity index (χ0v) is 23.6. The van der Waals surface area contributed by atoms with Crippen molar-refractivity contribution >= 4 is 43.1 Å². The Morgan fingerprint density at radius 1 is 0.476 bits per heavy atom. The van der Waals surface area contributed by atoms with Crippen LogP contribution in [0.4, 0.5) is 0 Å². The normalized spacial score (nSPS) is 15.7. The van der Waals surface area contributed by atoms with Gasteiger partial charge in [-0.3, -0.25) is 0 Å². The number of benzene rings is 7. The maximum atomic E-state index is 5.06. The lowest BCUT2D eigenvalue weighted by atomic mass is 9.66. The third kappa shape index (κ3) is 3.21. The van der Waals surface area contributed by atoms with Gasteiger partial charge in [-0.1, -0.05) is 127 Å². The quantitative estimate of drug-likeness (QED) is 0.199. The first-order chi connectivity index (χ1) is 20.8. The minimum atomic E-state index is -0.497. The number of para-hydroxylation sites is 1. The summed E-state index contributed by atoms with van der Waals surface area (Å²) >= 11 is 1.76. The van der Waals surface area contributed by atoms with Crippen molar-refractivity contribution in [3.8, 4) is 21.7 Å². The molecule has 7 aromatic carbocycles. The lowest BCUT2D eigenvalue weighted by molar-refractivity contribution is 0.778. The molecule has 0 saturated heterocycles. The van der Waals surface area contributed by atoms with Gasteiger partial charge in [0.2, 0.25) is 0 Å². The van der Waals surface area contributed by atoms with Crippen LogP contribution in [0, 0.1) is 0 Å². The molecule has 0 radical (unpaired) electrons. The number of hydrogen-bond acceptors (Lipinski definition) is 2. The topological polar surface area (TPSA) is 12.9 Å². The summed E-state index contributed by atoms with van der Waals surface area (Å²) in [6.45, 7) is 0. The molecular formula is C40H25NS. The molecule has 42 heavy (non-hydrogen) atoms. The van der Waals surface area contributed by atoms with E-state index in [1.807, 2.05) is 0 Å². The monoisotopic (exact) mass is 551 g/mol. The molecule has 0 bridgehead atoms. The van der Waals surface area contributed by atoms with Crippen LogP contribution in [0.5, 0.6) is 0 Å². The zero-order chi connectivity index (χ0) is 27.7. The maximum Gasteiger partial charge on any atom is 0.124 e. The van der Waals surface area contributed by atoms with E-state index in [-0.39, 0.29) is 0 Å². The predicted molar refractivity (Wildman–Crippen MR) is 177 cm³/mol. The van der Waals surface area contributed by atoms with Gasteiger partial charge in [-0.15, -0.1) is 11.3 Å². The molecule has 2 heteroatoms. The Morgan fingerprint density at radius 2 is 1.17 bits per heavy atom. The van der Waals surface area contributed by atoms with Gasteiger partial charge in [-0.2, -0.15) is 0 Å².